The summed E-state index contributed by atoms with van der Waals surface area (Å²) in [5, 5.41) is 4.07. The summed E-state index contributed by atoms with van der Waals surface area (Å²) >= 11 is 7.89. The summed E-state index contributed by atoms with van der Waals surface area (Å²) in [4.78, 5) is 4.49. The molecule has 1 atom stereocenters. The Morgan fingerprint density at radius 3 is 2.72 bits per heavy atom. The Kier molecular flexibility index (Phi) is 4.75. The molecule has 2 aromatic rings. The van der Waals surface area contributed by atoms with Crippen molar-refractivity contribution in [3.05, 3.63) is 50.9 Å². The lowest BCUT2D eigenvalue weighted by Crippen LogP contribution is -2.19. The normalized spacial score (nSPS) is 12.6. The van der Waals surface area contributed by atoms with Gasteiger partial charge in [0, 0.05) is 22.5 Å². The first kappa shape index (κ1) is 13.5. The molecule has 0 radical (unpaired) electrons. The highest BCUT2D eigenvalue weighted by molar-refractivity contribution is 7.09. The van der Waals surface area contributed by atoms with Crippen molar-refractivity contribution in [2.45, 2.75) is 19.8 Å². The van der Waals surface area contributed by atoms with E-state index in [1.165, 1.54) is 5.56 Å². The number of benzene rings is 1. The lowest BCUT2D eigenvalue weighted by molar-refractivity contribution is 0.532. The molecule has 2 nitrogen and oxygen atoms in total. The fraction of sp³-hybridized carbons (Fsp3) is 0.357. The van der Waals surface area contributed by atoms with Gasteiger partial charge >= 0.3 is 0 Å². The number of hydrogen-bond donors (Lipinski definition) is 1. The molecule has 0 aliphatic rings. The molecule has 1 aromatic carbocycles. The van der Waals surface area contributed by atoms with Crippen LogP contribution in [0.25, 0.3) is 0 Å². The van der Waals surface area contributed by atoms with E-state index >= 15 is 0 Å². The van der Waals surface area contributed by atoms with Crippen LogP contribution in [-0.4, -0.2) is 11.5 Å². The lowest BCUT2D eigenvalue weighted by Gasteiger charge is -2.14. The summed E-state index contributed by atoms with van der Waals surface area (Å²) in [7, 11) is 0. The molecule has 96 valence electrons. The predicted molar refractivity (Wildman–Crippen MR) is 78.3 cm³/mol. The Bertz CT molecular complexity index is 510. The molecule has 1 heterocycles. The molecular formula is C14H17ClN2S. The average molecular weight is 281 g/mol. The Balaban J connectivity index is 2.04. The maximum absolute atomic E-state index is 6.18. The van der Waals surface area contributed by atoms with E-state index in [0.717, 1.165) is 28.6 Å². The van der Waals surface area contributed by atoms with Crippen molar-refractivity contribution in [1.29, 1.82) is 0 Å². The smallest absolute Gasteiger partial charge is 0.0931 e. The highest BCUT2D eigenvalue weighted by atomic mass is 35.5. The molecule has 0 fully saturated rings. The molecule has 0 amide bonds. The summed E-state index contributed by atoms with van der Waals surface area (Å²) < 4.78 is 0. The van der Waals surface area contributed by atoms with Gasteiger partial charge in [-0.25, -0.2) is 4.98 Å². The third kappa shape index (κ3) is 3.55. The maximum Gasteiger partial charge on any atom is 0.0931 e. The van der Waals surface area contributed by atoms with Gasteiger partial charge in [0.25, 0.3) is 0 Å². The van der Waals surface area contributed by atoms with Gasteiger partial charge in [-0.15, -0.1) is 11.3 Å². The van der Waals surface area contributed by atoms with Gasteiger partial charge in [0.2, 0.25) is 0 Å². The minimum atomic E-state index is 0.399. The molecule has 0 spiro atoms. The second-order valence-corrected chi connectivity index (χ2v) is 5.83. The van der Waals surface area contributed by atoms with Crippen molar-refractivity contribution in [3.63, 3.8) is 0 Å². The second-order valence-electron chi connectivity index (χ2n) is 4.48. The van der Waals surface area contributed by atoms with E-state index in [4.69, 9.17) is 17.3 Å². The Hall–Kier alpha value is -0.900. The fourth-order valence-electron chi connectivity index (χ4n) is 1.96. The van der Waals surface area contributed by atoms with Crippen LogP contribution in [0.2, 0.25) is 5.02 Å². The number of rotatable bonds is 5. The summed E-state index contributed by atoms with van der Waals surface area (Å²) in [6.45, 7) is 2.68. The van der Waals surface area contributed by atoms with Crippen LogP contribution in [0, 0.1) is 12.8 Å². The van der Waals surface area contributed by atoms with E-state index < -0.39 is 0 Å². The molecule has 2 N–H and O–H groups in total. The molecule has 0 aliphatic carbocycles. The van der Waals surface area contributed by atoms with Gasteiger partial charge in [0.05, 0.1) is 5.01 Å². The summed E-state index contributed by atoms with van der Waals surface area (Å²) in [6.07, 6.45) is 1.84. The quantitative estimate of drug-likeness (QED) is 0.911. The standard InChI is InChI=1S/C14H17ClN2S/c1-10-9-18-14(17-10)7-11(8-16)6-12-4-2-3-5-13(12)15/h2-5,9,11H,6-8,16H2,1H3. The Labute approximate surface area is 117 Å². The van der Waals surface area contributed by atoms with Gasteiger partial charge in [-0.05, 0) is 37.4 Å². The van der Waals surface area contributed by atoms with Gasteiger partial charge in [-0.1, -0.05) is 29.8 Å². The second kappa shape index (κ2) is 6.32. The third-order valence-electron chi connectivity index (χ3n) is 2.93. The number of nitrogens with two attached hydrogens (primary N) is 1. The number of nitrogens with zero attached hydrogens (tertiary/aromatic N) is 1. The topological polar surface area (TPSA) is 38.9 Å². The van der Waals surface area contributed by atoms with Crippen molar-refractivity contribution < 1.29 is 0 Å². The van der Waals surface area contributed by atoms with Gasteiger partial charge in [-0.3, -0.25) is 0 Å². The molecule has 4 heteroatoms. The van der Waals surface area contributed by atoms with Crippen molar-refractivity contribution in [3.8, 4) is 0 Å². The van der Waals surface area contributed by atoms with Crippen molar-refractivity contribution in [1.82, 2.24) is 4.98 Å². The number of aryl methyl sites for hydroxylation is 1. The van der Waals surface area contributed by atoms with E-state index in [9.17, 15) is 0 Å². The molecule has 1 unspecified atom stereocenters. The summed E-state index contributed by atoms with van der Waals surface area (Å²) in [6, 6.07) is 7.96. The van der Waals surface area contributed by atoms with Gasteiger partial charge < -0.3 is 5.73 Å². The Morgan fingerprint density at radius 2 is 2.11 bits per heavy atom. The van der Waals surface area contributed by atoms with Crippen LogP contribution < -0.4 is 5.73 Å². The monoisotopic (exact) mass is 280 g/mol. The average Bonchev–Trinajstić information content (AvgIpc) is 2.76. The SMILES string of the molecule is Cc1csc(CC(CN)Cc2ccccc2Cl)n1. The lowest BCUT2D eigenvalue weighted by atomic mass is 9.96. The molecule has 2 rings (SSSR count). The number of thiazole rings is 1. The van der Waals surface area contributed by atoms with Gasteiger partial charge in [0.15, 0.2) is 0 Å². The van der Waals surface area contributed by atoms with E-state index in [1.807, 2.05) is 25.1 Å². The van der Waals surface area contributed by atoms with Gasteiger partial charge in [0.1, 0.15) is 0 Å². The number of halogens is 1. The minimum Gasteiger partial charge on any atom is -0.330 e. The van der Waals surface area contributed by atoms with Crippen LogP contribution in [0.15, 0.2) is 29.6 Å². The minimum absolute atomic E-state index is 0.399. The first-order chi connectivity index (χ1) is 8.69. The summed E-state index contributed by atoms with van der Waals surface area (Å²) in [5.74, 6) is 0.399. The molecule has 0 saturated carbocycles. The Morgan fingerprint density at radius 1 is 1.33 bits per heavy atom. The molecular weight excluding hydrogens is 264 g/mol. The van der Waals surface area contributed by atoms with E-state index in [1.54, 1.807) is 11.3 Å². The van der Waals surface area contributed by atoms with Crippen LogP contribution in [0.4, 0.5) is 0 Å². The predicted octanol–water partition coefficient (Wildman–Crippen LogP) is 3.47. The highest BCUT2D eigenvalue weighted by Gasteiger charge is 2.12. The highest BCUT2D eigenvalue weighted by Crippen LogP contribution is 2.21. The maximum atomic E-state index is 6.18. The van der Waals surface area contributed by atoms with Crippen LogP contribution >= 0.6 is 22.9 Å². The van der Waals surface area contributed by atoms with Crippen LogP contribution in [0.5, 0.6) is 0 Å². The zero-order valence-electron chi connectivity index (χ0n) is 10.4. The first-order valence-electron chi connectivity index (χ1n) is 6.03. The first-order valence-corrected chi connectivity index (χ1v) is 7.29. The largest absolute Gasteiger partial charge is 0.330 e. The number of hydrogen-bond acceptors (Lipinski definition) is 3. The zero-order valence-corrected chi connectivity index (χ0v) is 12.0. The van der Waals surface area contributed by atoms with Crippen molar-refractivity contribution >= 4 is 22.9 Å². The van der Waals surface area contributed by atoms with E-state index in [2.05, 4.69) is 16.4 Å². The van der Waals surface area contributed by atoms with Crippen LogP contribution in [0.3, 0.4) is 0 Å². The fourth-order valence-corrected chi connectivity index (χ4v) is 3.06. The van der Waals surface area contributed by atoms with E-state index in [-0.39, 0.29) is 0 Å². The van der Waals surface area contributed by atoms with E-state index in [0.29, 0.717) is 12.5 Å². The third-order valence-corrected chi connectivity index (χ3v) is 4.29. The molecule has 0 bridgehead atoms. The molecule has 0 saturated heterocycles. The van der Waals surface area contributed by atoms with Crippen molar-refractivity contribution in [2.24, 2.45) is 11.7 Å². The summed E-state index contributed by atoms with van der Waals surface area (Å²) in [5.41, 5.74) is 8.12. The molecule has 1 aromatic heterocycles. The molecule has 0 aliphatic heterocycles. The number of aromatic nitrogens is 1. The molecule has 18 heavy (non-hydrogen) atoms. The van der Waals surface area contributed by atoms with Crippen LogP contribution in [0.1, 0.15) is 16.3 Å². The van der Waals surface area contributed by atoms with Crippen LogP contribution in [-0.2, 0) is 12.8 Å². The van der Waals surface area contributed by atoms with Gasteiger partial charge in [-0.2, -0.15) is 0 Å². The zero-order chi connectivity index (χ0) is 13.0. The van der Waals surface area contributed by atoms with Crippen molar-refractivity contribution in [2.75, 3.05) is 6.54 Å².